The molecule has 0 aromatic carbocycles. The Morgan fingerprint density at radius 3 is 2.17 bits per heavy atom. The normalized spacial score (nSPS) is 14.6. The molecule has 240 valence electrons. The number of rotatable bonds is 21. The Kier molecular flexibility index (Phi) is 18.7. The van der Waals surface area contributed by atoms with E-state index >= 15 is 0 Å². The fourth-order valence-corrected chi connectivity index (χ4v) is 4.48. The number of amides is 3. The van der Waals surface area contributed by atoms with Crippen LogP contribution in [-0.4, -0.2) is 73.6 Å². The minimum absolute atomic E-state index is 0.0395. The fourth-order valence-electron chi connectivity index (χ4n) is 4.48. The number of carbonyl (C=O) groups excluding carboxylic acids is 4. The lowest BCUT2D eigenvalue weighted by Crippen LogP contribution is -2.56. The smallest absolute Gasteiger partial charge is 0.290 e. The van der Waals surface area contributed by atoms with Gasteiger partial charge in [0.05, 0.1) is 18.6 Å². The van der Waals surface area contributed by atoms with Crippen molar-refractivity contribution in [2.75, 3.05) is 26.7 Å². The van der Waals surface area contributed by atoms with Crippen LogP contribution in [-0.2, 0) is 19.2 Å². The molecule has 0 aromatic rings. The summed E-state index contributed by atoms with van der Waals surface area (Å²) in [5, 5.41) is 7.51. The van der Waals surface area contributed by atoms with Gasteiger partial charge >= 0.3 is 0 Å². The second-order valence-corrected chi connectivity index (χ2v) is 11.8. The first kappa shape index (κ1) is 39.1. The van der Waals surface area contributed by atoms with E-state index in [9.17, 15) is 28.0 Å². The number of likely N-dealkylation sites (N-methyl/N-ethyl adjacent to an activating group) is 1. The molecule has 0 aliphatic carbocycles. The van der Waals surface area contributed by atoms with Gasteiger partial charge in [0, 0.05) is 13.0 Å². The van der Waals surface area contributed by atoms with Crippen molar-refractivity contribution < 1.29 is 28.0 Å². The Labute approximate surface area is 251 Å². The Hall–Kier alpha value is -2.88. The first-order valence-electron chi connectivity index (χ1n) is 14.9. The lowest BCUT2D eigenvalue weighted by molar-refractivity contribution is -0.141. The Morgan fingerprint density at radius 1 is 1.02 bits per heavy atom. The van der Waals surface area contributed by atoms with E-state index in [1.807, 2.05) is 57.9 Å². The van der Waals surface area contributed by atoms with Gasteiger partial charge in [-0.25, -0.2) is 8.78 Å². The number of nitrogens with zero attached hydrogens (tertiary/aromatic N) is 1. The summed E-state index contributed by atoms with van der Waals surface area (Å²) in [6, 6.07) is -2.08. The molecule has 0 aliphatic heterocycles. The number of hydrogen-bond acceptors (Lipinski definition) is 5. The number of halogens is 2. The summed E-state index contributed by atoms with van der Waals surface area (Å²) in [7, 11) is 1.81. The van der Waals surface area contributed by atoms with Crippen molar-refractivity contribution in [1.82, 2.24) is 20.9 Å². The van der Waals surface area contributed by atoms with Gasteiger partial charge in [-0.3, -0.25) is 24.1 Å². The summed E-state index contributed by atoms with van der Waals surface area (Å²) in [6.07, 6.45) is 5.88. The molecule has 0 radical (unpaired) electrons. The van der Waals surface area contributed by atoms with Gasteiger partial charge in [0.15, 0.2) is 0 Å². The van der Waals surface area contributed by atoms with E-state index in [0.717, 1.165) is 18.4 Å². The highest BCUT2D eigenvalue weighted by molar-refractivity contribution is 6.38. The lowest BCUT2D eigenvalue weighted by Gasteiger charge is -2.40. The molecule has 0 aromatic heterocycles. The van der Waals surface area contributed by atoms with E-state index < -0.39 is 61.4 Å². The number of Topliss-reactive ketones (excluding diaryl/α,β-unsaturated/α-hetero) is 1. The molecule has 0 saturated heterocycles. The Morgan fingerprint density at radius 2 is 1.67 bits per heavy atom. The molecule has 0 rings (SSSR count). The molecule has 10 heteroatoms. The molecule has 0 fully saturated rings. The molecule has 0 spiro atoms. The maximum atomic E-state index is 13.7. The third kappa shape index (κ3) is 14.8. The van der Waals surface area contributed by atoms with Crippen molar-refractivity contribution >= 4 is 23.5 Å². The molecule has 0 aliphatic rings. The molecule has 3 amide bonds. The highest BCUT2D eigenvalue weighted by Crippen LogP contribution is 2.35. The average molecular weight is 597 g/mol. The number of nitrogens with one attached hydrogen (secondary N) is 3. The van der Waals surface area contributed by atoms with Crippen LogP contribution in [0.15, 0.2) is 36.5 Å². The van der Waals surface area contributed by atoms with E-state index in [1.54, 1.807) is 6.08 Å². The maximum Gasteiger partial charge on any atom is 0.290 e. The van der Waals surface area contributed by atoms with Crippen molar-refractivity contribution in [3.05, 3.63) is 36.5 Å². The quantitative estimate of drug-likeness (QED) is 0.100. The van der Waals surface area contributed by atoms with Crippen LogP contribution in [0.4, 0.5) is 8.78 Å². The summed E-state index contributed by atoms with van der Waals surface area (Å²) in [5.41, 5.74) is 0.745. The van der Waals surface area contributed by atoms with E-state index in [-0.39, 0.29) is 23.8 Å². The number of alkyl halides is 2. The van der Waals surface area contributed by atoms with E-state index in [2.05, 4.69) is 43.3 Å². The van der Waals surface area contributed by atoms with Crippen molar-refractivity contribution in [3.63, 3.8) is 0 Å². The van der Waals surface area contributed by atoms with E-state index in [0.29, 0.717) is 13.0 Å². The van der Waals surface area contributed by atoms with E-state index in [1.165, 1.54) is 0 Å². The third-order valence-corrected chi connectivity index (χ3v) is 7.69. The van der Waals surface area contributed by atoms with Gasteiger partial charge in [-0.1, -0.05) is 78.8 Å². The van der Waals surface area contributed by atoms with Gasteiger partial charge < -0.3 is 16.0 Å². The maximum absolute atomic E-state index is 13.7. The molecule has 0 heterocycles. The van der Waals surface area contributed by atoms with Gasteiger partial charge in [-0.15, -0.1) is 0 Å². The number of carbonyl (C=O) groups is 4. The standard InChI is InChI=1S/C32H54F2N4O4/c1-10-14-15-16-23(11-2)20-35-27(39)21-36-31(42)29(40)25(17-18-26(33)34)37-30(41)28(38(9)13-4)24(22(5)6)19-32(7,8)12-3/h10-11,14,16,22,24-26,28H,2,12-13,15,17-21H2,1,3-9H3,(H,35,39)(H,36,42)(H,37,41)/b14-10-,23-16?/t24-,25?,28?/m0/s1. The van der Waals surface area contributed by atoms with Gasteiger partial charge in [0.2, 0.25) is 24.0 Å². The molecule has 42 heavy (non-hydrogen) atoms. The van der Waals surface area contributed by atoms with Gasteiger partial charge in [-0.05, 0) is 62.6 Å². The first-order chi connectivity index (χ1) is 19.6. The zero-order chi connectivity index (χ0) is 32.5. The molecule has 2 unspecified atom stereocenters. The second-order valence-electron chi connectivity index (χ2n) is 11.8. The summed E-state index contributed by atoms with van der Waals surface area (Å²) in [5.74, 6) is -3.17. The van der Waals surface area contributed by atoms with Gasteiger partial charge in [0.25, 0.3) is 5.91 Å². The molecule has 0 saturated carbocycles. The Bertz CT molecular complexity index is 947. The minimum Gasteiger partial charge on any atom is -0.351 e. The average Bonchev–Trinajstić information content (AvgIpc) is 2.94. The summed E-state index contributed by atoms with van der Waals surface area (Å²) < 4.78 is 26.3. The number of ketones is 1. The van der Waals surface area contributed by atoms with Gasteiger partial charge in [-0.2, -0.15) is 0 Å². The highest BCUT2D eigenvalue weighted by atomic mass is 19.3. The van der Waals surface area contributed by atoms with Crippen molar-refractivity contribution in [2.45, 2.75) is 99.1 Å². The molecule has 3 N–H and O–H groups in total. The lowest BCUT2D eigenvalue weighted by atomic mass is 9.73. The van der Waals surface area contributed by atoms with Gasteiger partial charge in [0.1, 0.15) is 0 Å². The summed E-state index contributed by atoms with van der Waals surface area (Å²) >= 11 is 0. The monoisotopic (exact) mass is 596 g/mol. The Balaban J connectivity index is 5.67. The van der Waals surface area contributed by atoms with Crippen LogP contribution in [0.3, 0.4) is 0 Å². The number of hydrogen-bond donors (Lipinski definition) is 3. The van der Waals surface area contributed by atoms with Crippen molar-refractivity contribution in [1.29, 1.82) is 0 Å². The first-order valence-corrected chi connectivity index (χ1v) is 14.9. The highest BCUT2D eigenvalue weighted by Gasteiger charge is 2.38. The summed E-state index contributed by atoms with van der Waals surface area (Å²) in [4.78, 5) is 53.6. The minimum atomic E-state index is -2.71. The molecular formula is C32H54F2N4O4. The van der Waals surface area contributed by atoms with Crippen LogP contribution in [0.1, 0.15) is 80.6 Å². The van der Waals surface area contributed by atoms with Crippen LogP contribution in [0.2, 0.25) is 0 Å². The van der Waals surface area contributed by atoms with Crippen molar-refractivity contribution in [2.24, 2.45) is 17.3 Å². The van der Waals surface area contributed by atoms with Crippen LogP contribution in [0.5, 0.6) is 0 Å². The van der Waals surface area contributed by atoms with Crippen molar-refractivity contribution in [3.8, 4) is 0 Å². The SMILES string of the molecule is C=CC(=CC/C=C\C)CNC(=O)CNC(=O)C(=O)C(CCC(F)F)NC(=O)C([C@@H](CC(C)(C)CC)C(C)C)N(C)CC. The van der Waals surface area contributed by atoms with Crippen LogP contribution in [0.25, 0.3) is 0 Å². The molecule has 8 nitrogen and oxygen atoms in total. The predicted molar refractivity (Wildman–Crippen MR) is 165 cm³/mol. The van der Waals surface area contributed by atoms with Crippen LogP contribution >= 0.6 is 0 Å². The topological polar surface area (TPSA) is 108 Å². The molecule has 0 bridgehead atoms. The molecular weight excluding hydrogens is 542 g/mol. The molecule has 3 atom stereocenters. The second kappa shape index (κ2) is 20.1. The summed E-state index contributed by atoms with van der Waals surface area (Å²) in [6.45, 7) is 18.2. The van der Waals surface area contributed by atoms with E-state index in [4.69, 9.17) is 0 Å². The van der Waals surface area contributed by atoms with Crippen LogP contribution < -0.4 is 16.0 Å². The zero-order valence-corrected chi connectivity index (χ0v) is 26.9. The largest absolute Gasteiger partial charge is 0.351 e. The fraction of sp³-hybridized carbons (Fsp3) is 0.688. The third-order valence-electron chi connectivity index (χ3n) is 7.69. The van der Waals surface area contributed by atoms with Crippen LogP contribution in [0, 0.1) is 17.3 Å². The number of allylic oxidation sites excluding steroid dienone is 3. The zero-order valence-electron chi connectivity index (χ0n) is 26.9. The predicted octanol–water partition coefficient (Wildman–Crippen LogP) is 4.82.